The fraction of sp³-hybridized carbons (Fsp3) is 0.425. The summed E-state index contributed by atoms with van der Waals surface area (Å²) in [6.07, 6.45) is 3.33. The minimum atomic E-state index is -4.69. The summed E-state index contributed by atoms with van der Waals surface area (Å²) in [6.45, 7) is 6.51. The third-order valence-corrected chi connectivity index (χ3v) is 11.3. The number of hydrogen-bond acceptors (Lipinski definition) is 13. The van der Waals surface area contributed by atoms with Crippen molar-refractivity contribution in [2.75, 3.05) is 62.4 Å². The van der Waals surface area contributed by atoms with Crippen molar-refractivity contribution in [3.8, 4) is 11.4 Å². The second kappa shape index (κ2) is 18.9. The Morgan fingerprint density at radius 1 is 0.951 bits per heavy atom. The van der Waals surface area contributed by atoms with E-state index in [1.54, 1.807) is 17.9 Å². The van der Waals surface area contributed by atoms with Crippen LogP contribution in [0, 0.1) is 17.6 Å². The van der Waals surface area contributed by atoms with E-state index in [-0.39, 0.29) is 18.0 Å². The molecule has 3 aromatic carbocycles. The smallest absolute Gasteiger partial charge is 0.493 e. The molecule has 2 fully saturated rings. The van der Waals surface area contributed by atoms with Gasteiger partial charge < -0.3 is 38.5 Å². The van der Waals surface area contributed by atoms with E-state index >= 15 is 4.39 Å². The lowest BCUT2D eigenvalue weighted by atomic mass is 9.87. The van der Waals surface area contributed by atoms with Crippen LogP contribution in [0.15, 0.2) is 90.5 Å². The lowest BCUT2D eigenvalue weighted by molar-refractivity contribution is -0.0206. The number of nitrogens with zero attached hydrogens (tertiary/aromatic N) is 8. The SMILES string of the molecule is CC[C@@H]([C@H](C)OC(=O)OCCOP(=O)(O)O)n1ncn(-c2ccc(N3CCN(c4ccc(OC[C@@H]5CO[C@@](Cn6cncn6)(c6ccc(F)cc6F)C5)cc4)CC3)cc2)c1=O. The summed E-state index contributed by atoms with van der Waals surface area (Å²) in [7, 11) is -4.69. The van der Waals surface area contributed by atoms with Crippen LogP contribution in [-0.4, -0.2) is 104 Å². The molecule has 0 spiro atoms. The summed E-state index contributed by atoms with van der Waals surface area (Å²) >= 11 is 0. The van der Waals surface area contributed by atoms with Gasteiger partial charge in [-0.15, -0.1) is 0 Å². The average molecular weight is 869 g/mol. The number of piperazine rings is 1. The average Bonchev–Trinajstić information content (AvgIpc) is 4.00. The van der Waals surface area contributed by atoms with E-state index in [0.717, 1.165) is 43.6 Å². The Kier molecular flexibility index (Phi) is 13.5. The van der Waals surface area contributed by atoms with Gasteiger partial charge in [0.25, 0.3) is 0 Å². The molecule has 0 saturated carbocycles. The fourth-order valence-electron chi connectivity index (χ4n) is 7.77. The monoisotopic (exact) mass is 868 g/mol. The van der Waals surface area contributed by atoms with Crippen molar-refractivity contribution < 1.29 is 51.4 Å². The van der Waals surface area contributed by atoms with E-state index in [1.807, 2.05) is 55.5 Å². The normalized spacial score (nSPS) is 19.1. The van der Waals surface area contributed by atoms with Gasteiger partial charge in [-0.1, -0.05) is 13.0 Å². The van der Waals surface area contributed by atoms with E-state index in [9.17, 15) is 18.5 Å². The number of benzene rings is 3. The molecule has 7 rings (SSSR count). The van der Waals surface area contributed by atoms with Gasteiger partial charge in [0, 0.05) is 55.1 Å². The minimum absolute atomic E-state index is 0.0441. The summed E-state index contributed by atoms with van der Waals surface area (Å²) in [4.78, 5) is 51.6. The van der Waals surface area contributed by atoms with Gasteiger partial charge in [0.05, 0.1) is 38.1 Å². The van der Waals surface area contributed by atoms with Crippen LogP contribution in [0.2, 0.25) is 0 Å². The molecule has 4 atom stereocenters. The third kappa shape index (κ3) is 10.6. The molecule has 18 nitrogen and oxygen atoms in total. The lowest BCUT2D eigenvalue weighted by Gasteiger charge is -2.37. The zero-order valence-electron chi connectivity index (χ0n) is 33.5. The maximum absolute atomic E-state index is 15.0. The summed E-state index contributed by atoms with van der Waals surface area (Å²) in [5, 5.41) is 8.46. The van der Waals surface area contributed by atoms with Crippen LogP contribution in [0.25, 0.3) is 5.69 Å². The molecule has 21 heteroatoms. The molecule has 2 saturated heterocycles. The van der Waals surface area contributed by atoms with Crippen LogP contribution in [0.5, 0.6) is 5.75 Å². The summed E-state index contributed by atoms with van der Waals surface area (Å²) < 4.78 is 70.6. The van der Waals surface area contributed by atoms with Crippen LogP contribution >= 0.6 is 7.82 Å². The van der Waals surface area contributed by atoms with Crippen molar-refractivity contribution in [1.29, 1.82) is 0 Å². The number of rotatable bonds is 17. The molecule has 2 N–H and O–H groups in total. The van der Waals surface area contributed by atoms with Crippen molar-refractivity contribution in [3.05, 3.63) is 113 Å². The number of aromatic nitrogens is 6. The maximum atomic E-state index is 15.0. The second-order valence-corrected chi connectivity index (χ2v) is 16.1. The number of phosphoric acid groups is 1. The molecular formula is C40H47F2N8O10P. The number of carbonyl (C=O) groups excluding carboxylic acids is 1. The number of ether oxygens (including phenoxy) is 4. The Morgan fingerprint density at radius 3 is 2.25 bits per heavy atom. The Hall–Kier alpha value is -5.66. The lowest BCUT2D eigenvalue weighted by Crippen LogP contribution is -2.46. The van der Waals surface area contributed by atoms with Crippen LogP contribution < -0.4 is 20.2 Å². The summed E-state index contributed by atoms with van der Waals surface area (Å²) in [5.74, 6) is -0.667. The van der Waals surface area contributed by atoms with Crippen LogP contribution in [0.1, 0.15) is 38.3 Å². The fourth-order valence-corrected chi connectivity index (χ4v) is 8.08. The highest BCUT2D eigenvalue weighted by atomic mass is 31.2. The molecule has 326 valence electrons. The quantitative estimate of drug-likeness (QED) is 0.0731. The van der Waals surface area contributed by atoms with Crippen molar-refractivity contribution in [2.45, 2.75) is 51.0 Å². The summed E-state index contributed by atoms with van der Waals surface area (Å²) in [6, 6.07) is 18.5. The van der Waals surface area contributed by atoms with Gasteiger partial charge in [0.1, 0.15) is 54.7 Å². The Labute approximate surface area is 349 Å². The predicted molar refractivity (Wildman–Crippen MR) is 216 cm³/mol. The number of carbonyl (C=O) groups is 1. The summed E-state index contributed by atoms with van der Waals surface area (Å²) in [5.41, 5.74) is 1.49. The molecule has 2 aliphatic heterocycles. The standard InChI is InChI=1S/C40H47F2N8O10P/c1-3-37(28(2)60-39(52)56-18-19-59-61(53,54)55)50-38(51)49(27-45-50)33-7-5-31(6-8-33)46-14-16-47(17-15-46)32-9-11-34(12-10-32)57-22-29-21-40(58-23-29,24-48-26-43-25-44-48)35-13-4-30(41)20-36(35)42/h4-13,20,25-29,37H,3,14-19,21-24H2,1-2H3,(H2,53,54,55)/t28-,29+,37-,40-/m0/s1. The van der Waals surface area contributed by atoms with Crippen molar-refractivity contribution in [2.24, 2.45) is 5.92 Å². The van der Waals surface area contributed by atoms with Crippen molar-refractivity contribution >= 4 is 25.4 Å². The highest BCUT2D eigenvalue weighted by molar-refractivity contribution is 7.46. The van der Waals surface area contributed by atoms with Crippen molar-refractivity contribution in [3.63, 3.8) is 0 Å². The number of halogens is 2. The maximum Gasteiger partial charge on any atom is 0.508 e. The van der Waals surface area contributed by atoms with Gasteiger partial charge in [0.15, 0.2) is 0 Å². The molecule has 2 aromatic heterocycles. The highest BCUT2D eigenvalue weighted by Gasteiger charge is 2.44. The van der Waals surface area contributed by atoms with Crippen LogP contribution in [0.4, 0.5) is 25.0 Å². The topological polar surface area (TPSA) is 198 Å². The first-order valence-corrected chi connectivity index (χ1v) is 21.3. The molecule has 0 radical (unpaired) electrons. The van der Waals surface area contributed by atoms with Crippen LogP contribution in [0.3, 0.4) is 0 Å². The second-order valence-electron chi connectivity index (χ2n) is 14.8. The molecular weight excluding hydrogens is 821 g/mol. The molecule has 5 aromatic rings. The van der Waals surface area contributed by atoms with E-state index < -0.39 is 62.3 Å². The van der Waals surface area contributed by atoms with Crippen LogP contribution in [-0.2, 0) is 35.4 Å². The third-order valence-electron chi connectivity index (χ3n) is 10.8. The molecule has 4 heterocycles. The minimum Gasteiger partial charge on any atom is -0.493 e. The molecule has 0 bridgehead atoms. The van der Waals surface area contributed by atoms with Gasteiger partial charge in [-0.25, -0.2) is 41.8 Å². The molecule has 0 unspecified atom stereocenters. The molecule has 2 aliphatic rings. The number of hydrogen-bond donors (Lipinski definition) is 2. The van der Waals surface area contributed by atoms with E-state index in [1.165, 1.54) is 34.0 Å². The Bertz CT molecular complexity index is 2340. The zero-order valence-corrected chi connectivity index (χ0v) is 34.4. The first kappa shape index (κ1) is 43.4. The predicted octanol–water partition coefficient (Wildman–Crippen LogP) is 4.84. The Balaban J connectivity index is 0.886. The van der Waals surface area contributed by atoms with Gasteiger partial charge in [-0.2, -0.15) is 10.2 Å². The van der Waals surface area contributed by atoms with Gasteiger partial charge >= 0.3 is 19.7 Å². The zero-order chi connectivity index (χ0) is 43.1. The Morgan fingerprint density at radius 2 is 1.62 bits per heavy atom. The van der Waals surface area contributed by atoms with E-state index in [0.29, 0.717) is 37.5 Å². The van der Waals surface area contributed by atoms with Crippen molar-refractivity contribution in [1.82, 2.24) is 29.1 Å². The van der Waals surface area contributed by atoms with E-state index in [2.05, 4.69) is 29.5 Å². The number of phosphoric ester groups is 1. The molecule has 61 heavy (non-hydrogen) atoms. The largest absolute Gasteiger partial charge is 0.508 e. The first-order chi connectivity index (χ1) is 29.3. The molecule has 0 amide bonds. The first-order valence-electron chi connectivity index (χ1n) is 19.8. The highest BCUT2D eigenvalue weighted by Crippen LogP contribution is 2.42. The molecule has 0 aliphatic carbocycles. The van der Waals surface area contributed by atoms with Gasteiger partial charge in [0.2, 0.25) is 0 Å². The van der Waals surface area contributed by atoms with Gasteiger partial charge in [-0.05, 0) is 74.4 Å². The van der Waals surface area contributed by atoms with Gasteiger partial charge in [-0.3, -0.25) is 4.52 Å². The van der Waals surface area contributed by atoms with E-state index in [4.69, 9.17) is 28.7 Å². The number of anilines is 2.